The van der Waals surface area contributed by atoms with Crippen molar-refractivity contribution in [3.05, 3.63) is 0 Å². The van der Waals surface area contributed by atoms with Crippen LogP contribution in [-0.2, 0) is 9.53 Å². The highest BCUT2D eigenvalue weighted by atomic mass is 16.6. The SMILES string of the molecule is CC(C)(C)OC(=O)N1CC(CC(=O)O)(NCCC2CCCC2)C1. The second kappa shape index (κ2) is 7.07. The van der Waals surface area contributed by atoms with Crippen molar-refractivity contribution in [1.82, 2.24) is 10.2 Å². The summed E-state index contributed by atoms with van der Waals surface area (Å²) in [6.45, 7) is 7.11. The third-order valence-corrected chi connectivity index (χ3v) is 4.66. The van der Waals surface area contributed by atoms with Crippen molar-refractivity contribution in [2.45, 2.75) is 70.4 Å². The lowest BCUT2D eigenvalue weighted by molar-refractivity contribution is -0.141. The smallest absolute Gasteiger partial charge is 0.410 e. The maximum atomic E-state index is 12.0. The predicted molar refractivity (Wildman–Crippen MR) is 87.4 cm³/mol. The molecule has 132 valence electrons. The maximum Gasteiger partial charge on any atom is 0.410 e. The molecule has 1 aliphatic carbocycles. The summed E-state index contributed by atoms with van der Waals surface area (Å²) in [5.41, 5.74) is -1.03. The fourth-order valence-corrected chi connectivity index (χ4v) is 3.56. The Bertz CT molecular complexity index is 432. The van der Waals surface area contributed by atoms with Gasteiger partial charge < -0.3 is 20.1 Å². The van der Waals surface area contributed by atoms with Gasteiger partial charge in [-0.25, -0.2) is 4.79 Å². The molecule has 0 aromatic heterocycles. The van der Waals surface area contributed by atoms with Crippen LogP contribution >= 0.6 is 0 Å². The number of amides is 1. The molecule has 0 spiro atoms. The largest absolute Gasteiger partial charge is 0.481 e. The minimum atomic E-state index is -0.831. The zero-order valence-electron chi connectivity index (χ0n) is 14.6. The third-order valence-electron chi connectivity index (χ3n) is 4.66. The van der Waals surface area contributed by atoms with E-state index in [0.717, 1.165) is 18.9 Å². The Hall–Kier alpha value is -1.30. The zero-order valence-corrected chi connectivity index (χ0v) is 14.6. The van der Waals surface area contributed by atoms with E-state index in [4.69, 9.17) is 9.84 Å². The van der Waals surface area contributed by atoms with Crippen molar-refractivity contribution < 1.29 is 19.4 Å². The molecule has 0 unspecified atom stereocenters. The molecule has 6 heteroatoms. The number of nitrogens with one attached hydrogen (secondary N) is 1. The first-order valence-electron chi connectivity index (χ1n) is 8.64. The molecule has 0 aromatic carbocycles. The van der Waals surface area contributed by atoms with Crippen LogP contribution < -0.4 is 5.32 Å². The fraction of sp³-hybridized carbons (Fsp3) is 0.882. The van der Waals surface area contributed by atoms with Gasteiger partial charge in [-0.1, -0.05) is 25.7 Å². The highest BCUT2D eigenvalue weighted by molar-refractivity contribution is 5.73. The van der Waals surface area contributed by atoms with Crippen molar-refractivity contribution in [1.29, 1.82) is 0 Å². The molecule has 1 saturated heterocycles. The van der Waals surface area contributed by atoms with Crippen LogP contribution in [0.4, 0.5) is 4.79 Å². The number of hydrogen-bond donors (Lipinski definition) is 2. The van der Waals surface area contributed by atoms with E-state index in [1.165, 1.54) is 25.7 Å². The van der Waals surface area contributed by atoms with Crippen LogP contribution in [0.25, 0.3) is 0 Å². The van der Waals surface area contributed by atoms with Gasteiger partial charge in [0.2, 0.25) is 0 Å². The van der Waals surface area contributed by atoms with E-state index in [1.807, 2.05) is 20.8 Å². The molecule has 0 bridgehead atoms. The standard InChI is InChI=1S/C17H30N2O4/c1-16(2,3)23-15(22)19-11-17(12-19,10-14(20)21)18-9-8-13-6-4-5-7-13/h13,18H,4-12H2,1-3H3,(H,20,21). The van der Waals surface area contributed by atoms with Crippen molar-refractivity contribution in [2.24, 2.45) is 5.92 Å². The molecule has 2 rings (SSSR count). The molecule has 2 fully saturated rings. The molecule has 2 aliphatic rings. The average Bonchev–Trinajstić information content (AvgIpc) is 2.85. The number of ether oxygens (including phenoxy) is 1. The first kappa shape index (κ1) is 18.0. The van der Waals surface area contributed by atoms with Gasteiger partial charge in [0, 0.05) is 13.1 Å². The monoisotopic (exact) mass is 326 g/mol. The van der Waals surface area contributed by atoms with E-state index in [0.29, 0.717) is 13.1 Å². The predicted octanol–water partition coefficient (Wildman–Crippen LogP) is 2.62. The number of carbonyl (C=O) groups excluding carboxylic acids is 1. The zero-order chi connectivity index (χ0) is 17.1. The number of carboxylic acid groups (broad SMARTS) is 1. The van der Waals surface area contributed by atoms with Gasteiger partial charge in [0.1, 0.15) is 5.60 Å². The number of likely N-dealkylation sites (tertiary alicyclic amines) is 1. The van der Waals surface area contributed by atoms with Crippen molar-refractivity contribution >= 4 is 12.1 Å². The van der Waals surface area contributed by atoms with Gasteiger partial charge in [-0.3, -0.25) is 4.79 Å². The molecule has 23 heavy (non-hydrogen) atoms. The number of carboxylic acids is 1. The van der Waals surface area contributed by atoms with Gasteiger partial charge in [-0.05, 0) is 39.7 Å². The van der Waals surface area contributed by atoms with Gasteiger partial charge in [0.05, 0.1) is 12.0 Å². The molecule has 6 nitrogen and oxygen atoms in total. The Balaban J connectivity index is 1.81. The Morgan fingerprint density at radius 1 is 1.26 bits per heavy atom. The summed E-state index contributed by atoms with van der Waals surface area (Å²) in [5.74, 6) is -0.0615. The van der Waals surface area contributed by atoms with Gasteiger partial charge in [0.25, 0.3) is 0 Å². The summed E-state index contributed by atoms with van der Waals surface area (Å²) < 4.78 is 5.34. The Morgan fingerprint density at radius 2 is 1.87 bits per heavy atom. The first-order chi connectivity index (χ1) is 10.7. The van der Waals surface area contributed by atoms with Crippen molar-refractivity contribution in [3.63, 3.8) is 0 Å². The lowest BCUT2D eigenvalue weighted by atomic mass is 9.86. The molecular formula is C17H30N2O4. The fourth-order valence-electron chi connectivity index (χ4n) is 3.56. The van der Waals surface area contributed by atoms with Crippen LogP contribution in [0.1, 0.15) is 59.3 Å². The van der Waals surface area contributed by atoms with Crippen LogP contribution in [0, 0.1) is 5.92 Å². The number of carbonyl (C=O) groups is 2. The normalized spacial score (nSPS) is 21.1. The van der Waals surface area contributed by atoms with Gasteiger partial charge in [-0.2, -0.15) is 0 Å². The number of nitrogens with zero attached hydrogens (tertiary/aromatic N) is 1. The van der Waals surface area contributed by atoms with E-state index in [9.17, 15) is 9.59 Å². The molecular weight excluding hydrogens is 296 g/mol. The number of hydrogen-bond acceptors (Lipinski definition) is 4. The molecule has 0 radical (unpaired) electrons. The molecule has 1 aliphatic heterocycles. The summed E-state index contributed by atoms with van der Waals surface area (Å²) in [6, 6.07) is 0. The van der Waals surface area contributed by atoms with E-state index in [-0.39, 0.29) is 12.5 Å². The summed E-state index contributed by atoms with van der Waals surface area (Å²) >= 11 is 0. The van der Waals surface area contributed by atoms with Gasteiger partial charge >= 0.3 is 12.1 Å². The lowest BCUT2D eigenvalue weighted by Crippen LogP contribution is -2.71. The third kappa shape index (κ3) is 5.37. The van der Waals surface area contributed by atoms with Crippen LogP contribution in [0.3, 0.4) is 0 Å². The second-order valence-corrected chi connectivity index (χ2v) is 8.05. The molecule has 1 amide bonds. The Labute approximate surface area is 138 Å². The van der Waals surface area contributed by atoms with Crippen molar-refractivity contribution in [2.75, 3.05) is 19.6 Å². The summed E-state index contributed by atoms with van der Waals surface area (Å²) in [5, 5.41) is 12.6. The molecule has 1 heterocycles. The van der Waals surface area contributed by atoms with Crippen LogP contribution in [0.15, 0.2) is 0 Å². The summed E-state index contributed by atoms with van der Waals surface area (Å²) in [6.07, 6.45) is 5.98. The Morgan fingerprint density at radius 3 is 2.39 bits per heavy atom. The number of rotatable bonds is 6. The average molecular weight is 326 g/mol. The summed E-state index contributed by atoms with van der Waals surface area (Å²) in [4.78, 5) is 24.8. The van der Waals surface area contributed by atoms with Crippen LogP contribution in [0.2, 0.25) is 0 Å². The minimum Gasteiger partial charge on any atom is -0.481 e. The Kier molecular flexibility index (Phi) is 5.55. The van der Waals surface area contributed by atoms with E-state index >= 15 is 0 Å². The molecule has 0 aromatic rings. The van der Waals surface area contributed by atoms with Crippen LogP contribution in [0.5, 0.6) is 0 Å². The van der Waals surface area contributed by atoms with Gasteiger partial charge in [-0.15, -0.1) is 0 Å². The van der Waals surface area contributed by atoms with E-state index in [1.54, 1.807) is 4.90 Å². The maximum absolute atomic E-state index is 12.0. The van der Waals surface area contributed by atoms with Crippen LogP contribution in [-0.4, -0.2) is 52.8 Å². The van der Waals surface area contributed by atoms with E-state index in [2.05, 4.69) is 5.32 Å². The topological polar surface area (TPSA) is 78.9 Å². The number of aliphatic carboxylic acids is 1. The lowest BCUT2D eigenvalue weighted by Gasteiger charge is -2.50. The summed E-state index contributed by atoms with van der Waals surface area (Å²) in [7, 11) is 0. The van der Waals surface area contributed by atoms with E-state index < -0.39 is 17.1 Å². The first-order valence-corrected chi connectivity index (χ1v) is 8.64. The molecule has 1 saturated carbocycles. The highest BCUT2D eigenvalue weighted by Crippen LogP contribution is 2.29. The highest BCUT2D eigenvalue weighted by Gasteiger charge is 2.47. The van der Waals surface area contributed by atoms with Gasteiger partial charge in [0.15, 0.2) is 0 Å². The second-order valence-electron chi connectivity index (χ2n) is 8.05. The quantitative estimate of drug-likeness (QED) is 0.784. The van der Waals surface area contributed by atoms with Crippen molar-refractivity contribution in [3.8, 4) is 0 Å². The molecule has 2 N–H and O–H groups in total. The minimum absolute atomic E-state index is 0.0387. The molecule has 0 atom stereocenters.